The van der Waals surface area contributed by atoms with E-state index in [9.17, 15) is 4.11 Å². The van der Waals surface area contributed by atoms with Crippen LogP contribution in [0.5, 0.6) is 0 Å². The summed E-state index contributed by atoms with van der Waals surface area (Å²) >= 11 is 0. The van der Waals surface area contributed by atoms with Crippen LogP contribution in [0.3, 0.4) is 0 Å². The highest BCUT2D eigenvalue weighted by Crippen LogP contribution is 2.55. The van der Waals surface area contributed by atoms with Crippen molar-refractivity contribution >= 4 is 57.2 Å². The van der Waals surface area contributed by atoms with Gasteiger partial charge in [-0.2, -0.15) is 0 Å². The molecule has 4 aliphatic rings. The highest BCUT2D eigenvalue weighted by Gasteiger charge is 2.50. The van der Waals surface area contributed by atoms with Crippen LogP contribution < -0.4 is 26.2 Å². The quantitative estimate of drug-likeness (QED) is 0.163. The van der Waals surface area contributed by atoms with Crippen molar-refractivity contribution in [3.63, 3.8) is 0 Å². The molecule has 11 rings (SSSR count). The number of nitrogens with zero attached hydrogens (tertiary/aromatic N) is 2. The minimum Gasteiger partial charge on any atom is -0.311 e. The van der Waals surface area contributed by atoms with Gasteiger partial charge < -0.3 is 9.80 Å². The van der Waals surface area contributed by atoms with Gasteiger partial charge in [0.05, 0.1) is 5.69 Å². The van der Waals surface area contributed by atoms with Crippen molar-refractivity contribution in [1.82, 2.24) is 0 Å². The van der Waals surface area contributed by atoms with Gasteiger partial charge in [-0.05, 0) is 175 Å². The van der Waals surface area contributed by atoms with Crippen LogP contribution >= 0.6 is 0 Å². The van der Waals surface area contributed by atoms with Gasteiger partial charge >= 0.3 is 0 Å². The van der Waals surface area contributed by atoms with E-state index >= 15 is 0 Å². The van der Waals surface area contributed by atoms with Gasteiger partial charge in [0, 0.05) is 38.1 Å². The van der Waals surface area contributed by atoms with Crippen LogP contribution in [0.1, 0.15) is 138 Å². The van der Waals surface area contributed by atoms with Crippen LogP contribution in [0.2, 0.25) is 0 Å². The minimum absolute atomic E-state index is 0.0328. The van der Waals surface area contributed by atoms with Gasteiger partial charge in [-0.3, -0.25) is 0 Å². The summed E-state index contributed by atoms with van der Waals surface area (Å²) in [5.41, 5.74) is 22.5. The fourth-order valence-corrected chi connectivity index (χ4v) is 12.7. The summed E-state index contributed by atoms with van der Waals surface area (Å²) < 4.78 is 27.7. The molecule has 2 aliphatic heterocycles. The van der Waals surface area contributed by atoms with Gasteiger partial charge in [-0.1, -0.05) is 167 Å². The molecule has 0 aromatic heterocycles. The van der Waals surface area contributed by atoms with Crippen molar-refractivity contribution in [3.8, 4) is 22.3 Å². The summed E-state index contributed by atoms with van der Waals surface area (Å²) in [5.74, 6) is 0. The molecule has 0 bridgehead atoms. The Morgan fingerprint density at radius 1 is 0.485 bits per heavy atom. The SMILES string of the molecule is [2H]C([2H])([2H])c1cc2c3c(c1)N(c1ccc(C(C)(C)C)cc1-c1ccccc1)c1cc4c(cc1B3c1cc3c(cc1N2c1cc(-c2ccccc2)ccc1C)C(C)(C)CCC3(C)C)C(C)(C)CC4(C)C. The number of fused-ring (bicyclic) bond motifs is 6. The molecule has 66 heavy (non-hydrogen) atoms. The summed E-state index contributed by atoms with van der Waals surface area (Å²) in [4.78, 5) is 4.93. The van der Waals surface area contributed by atoms with E-state index in [1.807, 2.05) is 12.1 Å². The van der Waals surface area contributed by atoms with Crippen LogP contribution in [0.4, 0.5) is 34.1 Å². The van der Waals surface area contributed by atoms with Gasteiger partial charge in [0.15, 0.2) is 0 Å². The maximum Gasteiger partial charge on any atom is 0.252 e. The third-order valence-electron chi connectivity index (χ3n) is 16.3. The van der Waals surface area contributed by atoms with Crippen molar-refractivity contribution in [2.45, 2.75) is 136 Å². The van der Waals surface area contributed by atoms with Crippen LogP contribution in [0.25, 0.3) is 22.3 Å². The fourth-order valence-electron chi connectivity index (χ4n) is 12.7. The summed E-state index contributed by atoms with van der Waals surface area (Å²) in [6, 6.07) is 49.5. The molecule has 2 aliphatic carbocycles. The molecule has 3 heteroatoms. The zero-order chi connectivity index (χ0) is 49.0. The van der Waals surface area contributed by atoms with Gasteiger partial charge in [0.2, 0.25) is 0 Å². The average molecular weight is 866 g/mol. The average Bonchev–Trinajstić information content (AvgIpc) is 3.48. The molecule has 2 heterocycles. The van der Waals surface area contributed by atoms with Gasteiger partial charge in [0.25, 0.3) is 6.71 Å². The highest BCUT2D eigenvalue weighted by atomic mass is 15.2. The first-order valence-electron chi connectivity index (χ1n) is 25.9. The molecule has 332 valence electrons. The van der Waals surface area contributed by atoms with E-state index in [-0.39, 0.29) is 33.8 Å². The van der Waals surface area contributed by atoms with E-state index in [2.05, 4.69) is 214 Å². The molecule has 0 radical (unpaired) electrons. The lowest BCUT2D eigenvalue weighted by Gasteiger charge is -2.48. The molecule has 7 aromatic rings. The Morgan fingerprint density at radius 2 is 1.00 bits per heavy atom. The van der Waals surface area contributed by atoms with Crippen molar-refractivity contribution in [3.05, 3.63) is 172 Å². The second-order valence-electron chi connectivity index (χ2n) is 23.9. The van der Waals surface area contributed by atoms with Gasteiger partial charge in [-0.15, -0.1) is 0 Å². The molecule has 2 nitrogen and oxygen atoms in total. The fraction of sp³-hybridized carbons (Fsp3) is 0.333. The van der Waals surface area contributed by atoms with E-state index in [1.54, 1.807) is 0 Å². The molecule has 0 N–H and O–H groups in total. The maximum absolute atomic E-state index is 9.24. The largest absolute Gasteiger partial charge is 0.311 e. The zero-order valence-electron chi connectivity index (χ0n) is 44.3. The molecular weight excluding hydrogens is 796 g/mol. The van der Waals surface area contributed by atoms with E-state index in [1.165, 1.54) is 38.7 Å². The summed E-state index contributed by atoms with van der Waals surface area (Å²) in [5, 5.41) is 0. The second kappa shape index (κ2) is 14.4. The predicted octanol–water partition coefficient (Wildman–Crippen LogP) is 15.3. The minimum atomic E-state index is -2.38. The highest BCUT2D eigenvalue weighted by molar-refractivity contribution is 7.00. The summed E-state index contributed by atoms with van der Waals surface area (Å²) in [7, 11) is 0. The molecule has 0 unspecified atom stereocenters. The van der Waals surface area contributed by atoms with Crippen molar-refractivity contribution < 1.29 is 4.11 Å². The van der Waals surface area contributed by atoms with Crippen LogP contribution in [0, 0.1) is 13.8 Å². The number of benzene rings is 7. The zero-order valence-corrected chi connectivity index (χ0v) is 41.3. The summed E-state index contributed by atoms with van der Waals surface area (Å²) in [6.45, 7) is 25.9. The number of hydrogen-bond donors (Lipinski definition) is 0. The monoisotopic (exact) mass is 866 g/mol. The maximum atomic E-state index is 9.24. The Balaban J connectivity index is 1.32. The Hall–Kier alpha value is -5.80. The van der Waals surface area contributed by atoms with Crippen LogP contribution in [-0.2, 0) is 27.1 Å². The first kappa shape index (κ1) is 39.4. The standard InChI is InChI=1S/C63H67BN2/c1-39-30-56-58-57(31-39)66(53-32-43(25-24-40(53)2)41-20-16-14-17-21-41)55-36-48-46(60(6,7)28-29-61(48,8)9)34-50(55)64(58)51-35-47-49(63(12,13)38-62(47,10)11)37-54(51)65(56)52-27-26-44(59(3,4)5)33-45(52)42-22-18-15-19-23-42/h14-27,30-37H,28-29,38H2,1-13H3/i1D3. The Kier molecular flexibility index (Phi) is 8.57. The molecule has 0 saturated carbocycles. The first-order chi connectivity index (χ1) is 32.4. The Morgan fingerprint density at radius 3 is 1.56 bits per heavy atom. The molecule has 0 fully saturated rings. The third-order valence-corrected chi connectivity index (χ3v) is 16.3. The van der Waals surface area contributed by atoms with Crippen molar-refractivity contribution in [2.24, 2.45) is 0 Å². The topological polar surface area (TPSA) is 6.48 Å². The lowest BCUT2D eigenvalue weighted by molar-refractivity contribution is 0.332. The molecule has 0 atom stereocenters. The lowest BCUT2D eigenvalue weighted by Crippen LogP contribution is -2.62. The Labute approximate surface area is 400 Å². The lowest BCUT2D eigenvalue weighted by atomic mass is 9.32. The molecule has 0 saturated heterocycles. The van der Waals surface area contributed by atoms with E-state index in [0.29, 0.717) is 5.56 Å². The van der Waals surface area contributed by atoms with Crippen molar-refractivity contribution in [2.75, 3.05) is 9.80 Å². The molecular formula is C63H67BN2. The molecule has 0 spiro atoms. The normalized spacial score (nSPS) is 18.8. The van der Waals surface area contributed by atoms with Gasteiger partial charge in [-0.25, -0.2) is 0 Å². The van der Waals surface area contributed by atoms with Crippen molar-refractivity contribution in [1.29, 1.82) is 0 Å². The summed E-state index contributed by atoms with van der Waals surface area (Å²) in [6.07, 6.45) is 3.24. The van der Waals surface area contributed by atoms with E-state index < -0.39 is 6.85 Å². The molecule has 0 amide bonds. The first-order valence-corrected chi connectivity index (χ1v) is 24.4. The predicted molar refractivity (Wildman–Crippen MR) is 285 cm³/mol. The van der Waals surface area contributed by atoms with E-state index in [4.69, 9.17) is 0 Å². The Bertz CT molecular complexity index is 3240. The number of anilines is 6. The number of hydrogen-bond acceptors (Lipinski definition) is 2. The van der Waals surface area contributed by atoms with Crippen LogP contribution in [-0.4, -0.2) is 6.71 Å². The smallest absolute Gasteiger partial charge is 0.252 e. The second-order valence-corrected chi connectivity index (χ2v) is 23.9. The number of rotatable bonds is 4. The number of aryl methyl sites for hydroxylation is 2. The molecule has 7 aromatic carbocycles. The third kappa shape index (κ3) is 6.50. The van der Waals surface area contributed by atoms with Crippen LogP contribution in [0.15, 0.2) is 133 Å². The van der Waals surface area contributed by atoms with E-state index in [0.717, 1.165) is 86.7 Å². The van der Waals surface area contributed by atoms with Gasteiger partial charge in [0.1, 0.15) is 0 Å².